The highest BCUT2D eigenvalue weighted by Gasteiger charge is 2.27. The third-order valence-corrected chi connectivity index (χ3v) is 4.07. The van der Waals surface area contributed by atoms with Crippen molar-refractivity contribution in [3.8, 4) is 5.75 Å². The van der Waals surface area contributed by atoms with Crippen LogP contribution in [0.15, 0.2) is 24.3 Å². The number of nitrogens with two attached hydrogens (primary N) is 2. The van der Waals surface area contributed by atoms with Gasteiger partial charge in [0.25, 0.3) is 0 Å². The Bertz CT molecular complexity index is 456. The van der Waals surface area contributed by atoms with Gasteiger partial charge in [0.15, 0.2) is 0 Å². The van der Waals surface area contributed by atoms with Gasteiger partial charge in [0, 0.05) is 18.5 Å². The molecule has 0 aromatic heterocycles. The minimum absolute atomic E-state index is 0.00924. The Morgan fingerprint density at radius 3 is 2.70 bits per heavy atom. The summed E-state index contributed by atoms with van der Waals surface area (Å²) in [5.74, 6) is 0.665. The van der Waals surface area contributed by atoms with Gasteiger partial charge in [0.05, 0.1) is 7.11 Å². The summed E-state index contributed by atoms with van der Waals surface area (Å²) in [6, 6.07) is 8.17. The maximum atomic E-state index is 11.2. The van der Waals surface area contributed by atoms with Gasteiger partial charge in [-0.15, -0.1) is 0 Å². The molecule has 1 amide bonds. The molecule has 1 fully saturated rings. The van der Waals surface area contributed by atoms with E-state index in [1.807, 2.05) is 18.2 Å². The third kappa shape index (κ3) is 3.29. The van der Waals surface area contributed by atoms with Crippen molar-refractivity contribution >= 4 is 5.91 Å². The van der Waals surface area contributed by atoms with Crippen LogP contribution in [-0.2, 0) is 4.79 Å². The third-order valence-electron chi connectivity index (χ3n) is 4.07. The number of benzene rings is 1. The number of carbonyl (C=O) groups excluding carboxylic acids is 1. The van der Waals surface area contributed by atoms with Crippen LogP contribution >= 0.6 is 0 Å². The molecular formula is C15H23N3O2. The fraction of sp³-hybridized carbons (Fsp3) is 0.533. The van der Waals surface area contributed by atoms with Crippen LogP contribution in [0.25, 0.3) is 0 Å². The van der Waals surface area contributed by atoms with Crippen molar-refractivity contribution in [1.82, 2.24) is 4.90 Å². The van der Waals surface area contributed by atoms with Crippen molar-refractivity contribution in [2.45, 2.75) is 18.9 Å². The van der Waals surface area contributed by atoms with E-state index in [-0.39, 0.29) is 17.9 Å². The lowest BCUT2D eigenvalue weighted by Crippen LogP contribution is -2.42. The standard InChI is InChI=1S/C15H23N3O2/c1-20-13-4-2-3-12(9-13)14(10-16)18-7-5-11(6-8-18)15(17)19/h2-4,9,11,14H,5-8,10,16H2,1H3,(H2,17,19). The second kappa shape index (κ2) is 6.72. The fourth-order valence-electron chi connectivity index (χ4n) is 2.84. The molecule has 1 saturated heterocycles. The lowest BCUT2D eigenvalue weighted by atomic mass is 9.93. The van der Waals surface area contributed by atoms with Crippen molar-refractivity contribution in [2.75, 3.05) is 26.7 Å². The van der Waals surface area contributed by atoms with E-state index in [0.717, 1.165) is 37.2 Å². The monoisotopic (exact) mass is 277 g/mol. The highest BCUT2D eigenvalue weighted by atomic mass is 16.5. The molecule has 110 valence electrons. The Labute approximate surface area is 119 Å². The molecule has 0 saturated carbocycles. The highest BCUT2D eigenvalue weighted by Crippen LogP contribution is 2.28. The van der Waals surface area contributed by atoms with E-state index in [2.05, 4.69) is 11.0 Å². The number of hydrogen-bond acceptors (Lipinski definition) is 4. The predicted octanol–water partition coefficient (Wildman–Crippen LogP) is 0.892. The lowest BCUT2D eigenvalue weighted by molar-refractivity contribution is -0.123. The Balaban J connectivity index is 2.07. The first-order valence-corrected chi connectivity index (χ1v) is 7.03. The number of rotatable bonds is 5. The second-order valence-electron chi connectivity index (χ2n) is 5.24. The number of methoxy groups -OCH3 is 1. The zero-order valence-corrected chi connectivity index (χ0v) is 11.9. The summed E-state index contributed by atoms with van der Waals surface area (Å²) in [6.45, 7) is 2.26. The average Bonchev–Trinajstić information content (AvgIpc) is 2.49. The van der Waals surface area contributed by atoms with E-state index in [1.165, 1.54) is 0 Å². The summed E-state index contributed by atoms with van der Waals surface area (Å²) in [5.41, 5.74) is 12.5. The van der Waals surface area contributed by atoms with Crippen LogP contribution in [0.2, 0.25) is 0 Å². The largest absolute Gasteiger partial charge is 0.497 e. The number of primary amides is 1. The first-order valence-electron chi connectivity index (χ1n) is 7.03. The van der Waals surface area contributed by atoms with E-state index in [4.69, 9.17) is 16.2 Å². The topological polar surface area (TPSA) is 81.6 Å². The number of nitrogens with zero attached hydrogens (tertiary/aromatic N) is 1. The zero-order valence-electron chi connectivity index (χ0n) is 11.9. The Morgan fingerprint density at radius 2 is 2.15 bits per heavy atom. The van der Waals surface area contributed by atoms with Gasteiger partial charge >= 0.3 is 0 Å². The van der Waals surface area contributed by atoms with Gasteiger partial charge in [-0.3, -0.25) is 9.69 Å². The molecule has 4 N–H and O–H groups in total. The summed E-state index contributed by atoms with van der Waals surface area (Å²) in [5, 5.41) is 0. The smallest absolute Gasteiger partial charge is 0.220 e. The molecule has 1 aliphatic heterocycles. The van der Waals surface area contributed by atoms with E-state index in [9.17, 15) is 4.79 Å². The van der Waals surface area contributed by atoms with Gasteiger partial charge in [-0.25, -0.2) is 0 Å². The lowest BCUT2D eigenvalue weighted by Gasteiger charge is -2.36. The molecule has 1 unspecified atom stereocenters. The molecular weight excluding hydrogens is 254 g/mol. The van der Waals surface area contributed by atoms with E-state index < -0.39 is 0 Å². The van der Waals surface area contributed by atoms with Gasteiger partial charge < -0.3 is 16.2 Å². The SMILES string of the molecule is COc1cccc(C(CN)N2CCC(C(N)=O)CC2)c1. The maximum absolute atomic E-state index is 11.2. The number of piperidine rings is 1. The van der Waals surface area contributed by atoms with Gasteiger partial charge in [-0.05, 0) is 43.6 Å². The summed E-state index contributed by atoms with van der Waals surface area (Å²) in [4.78, 5) is 13.5. The molecule has 1 aromatic rings. The van der Waals surface area contributed by atoms with Gasteiger partial charge in [0.1, 0.15) is 5.75 Å². The van der Waals surface area contributed by atoms with Gasteiger partial charge in [-0.1, -0.05) is 12.1 Å². The molecule has 1 aliphatic rings. The Morgan fingerprint density at radius 1 is 1.45 bits per heavy atom. The Kier molecular flexibility index (Phi) is 4.98. The fourth-order valence-corrected chi connectivity index (χ4v) is 2.84. The molecule has 5 nitrogen and oxygen atoms in total. The van der Waals surface area contributed by atoms with Crippen LogP contribution in [0, 0.1) is 5.92 Å². The molecule has 0 aliphatic carbocycles. The number of likely N-dealkylation sites (tertiary alicyclic amines) is 1. The van der Waals surface area contributed by atoms with E-state index in [0.29, 0.717) is 6.54 Å². The molecule has 1 heterocycles. The predicted molar refractivity (Wildman–Crippen MR) is 78.3 cm³/mol. The maximum Gasteiger partial charge on any atom is 0.220 e. The summed E-state index contributed by atoms with van der Waals surface area (Å²) < 4.78 is 5.26. The van der Waals surface area contributed by atoms with Crippen molar-refractivity contribution in [3.05, 3.63) is 29.8 Å². The quantitative estimate of drug-likeness (QED) is 0.837. The summed E-state index contributed by atoms with van der Waals surface area (Å²) in [6.07, 6.45) is 1.63. The van der Waals surface area contributed by atoms with Crippen LogP contribution in [0.4, 0.5) is 0 Å². The summed E-state index contributed by atoms with van der Waals surface area (Å²) >= 11 is 0. The number of amides is 1. The molecule has 1 aromatic carbocycles. The minimum Gasteiger partial charge on any atom is -0.497 e. The van der Waals surface area contributed by atoms with Crippen molar-refractivity contribution in [1.29, 1.82) is 0 Å². The van der Waals surface area contributed by atoms with Crippen LogP contribution in [0.1, 0.15) is 24.4 Å². The van der Waals surface area contributed by atoms with Crippen LogP contribution < -0.4 is 16.2 Å². The molecule has 0 bridgehead atoms. The van der Waals surface area contributed by atoms with Gasteiger partial charge in [0.2, 0.25) is 5.91 Å². The van der Waals surface area contributed by atoms with Crippen LogP contribution in [0.3, 0.4) is 0 Å². The zero-order chi connectivity index (χ0) is 14.5. The number of ether oxygens (including phenoxy) is 1. The number of hydrogen-bond donors (Lipinski definition) is 2. The van der Waals surface area contributed by atoms with Crippen molar-refractivity contribution in [2.24, 2.45) is 17.4 Å². The van der Waals surface area contributed by atoms with Crippen molar-refractivity contribution in [3.63, 3.8) is 0 Å². The molecule has 5 heteroatoms. The molecule has 0 radical (unpaired) electrons. The van der Waals surface area contributed by atoms with Crippen LogP contribution in [-0.4, -0.2) is 37.6 Å². The first kappa shape index (κ1) is 14.8. The minimum atomic E-state index is -0.185. The molecule has 1 atom stereocenters. The second-order valence-corrected chi connectivity index (χ2v) is 5.24. The molecule has 2 rings (SSSR count). The normalized spacial score (nSPS) is 18.7. The highest BCUT2D eigenvalue weighted by molar-refractivity contribution is 5.76. The molecule has 20 heavy (non-hydrogen) atoms. The first-order chi connectivity index (χ1) is 9.65. The Hall–Kier alpha value is -1.59. The van der Waals surface area contributed by atoms with Crippen LogP contribution in [0.5, 0.6) is 5.75 Å². The van der Waals surface area contributed by atoms with Crippen molar-refractivity contribution < 1.29 is 9.53 Å². The number of carbonyl (C=O) groups is 1. The summed E-state index contributed by atoms with van der Waals surface area (Å²) in [7, 11) is 1.66. The van der Waals surface area contributed by atoms with Gasteiger partial charge in [-0.2, -0.15) is 0 Å². The van der Waals surface area contributed by atoms with E-state index in [1.54, 1.807) is 7.11 Å². The average molecular weight is 277 g/mol. The molecule has 0 spiro atoms. The van der Waals surface area contributed by atoms with E-state index >= 15 is 0 Å².